The van der Waals surface area contributed by atoms with Crippen LogP contribution >= 0.6 is 11.6 Å². The van der Waals surface area contributed by atoms with E-state index in [0.717, 1.165) is 5.56 Å². The summed E-state index contributed by atoms with van der Waals surface area (Å²) in [5, 5.41) is 15.6. The van der Waals surface area contributed by atoms with Gasteiger partial charge in [-0.25, -0.2) is 4.39 Å². The Morgan fingerprint density at radius 2 is 2.10 bits per heavy atom. The van der Waals surface area contributed by atoms with Crippen molar-refractivity contribution in [2.45, 2.75) is 6.54 Å². The second-order valence-electron chi connectivity index (χ2n) is 4.54. The molecule has 3 rings (SSSR count). The van der Waals surface area contributed by atoms with E-state index in [1.807, 2.05) is 0 Å². The SMILES string of the molecule is O=[N+]([O-])c1ccc2c(c1)c(Cl)nn2Cc1cccc(F)c1. The average Bonchev–Trinajstić information content (AvgIpc) is 2.75. The van der Waals surface area contributed by atoms with Crippen molar-refractivity contribution in [2.24, 2.45) is 0 Å². The van der Waals surface area contributed by atoms with Crippen molar-refractivity contribution in [2.75, 3.05) is 0 Å². The maximum absolute atomic E-state index is 13.2. The van der Waals surface area contributed by atoms with E-state index in [4.69, 9.17) is 11.6 Å². The van der Waals surface area contributed by atoms with Gasteiger partial charge in [0.05, 0.1) is 17.0 Å². The first kappa shape index (κ1) is 13.5. The third-order valence-electron chi connectivity index (χ3n) is 3.12. The molecule has 0 aliphatic rings. The van der Waals surface area contributed by atoms with Gasteiger partial charge in [0.25, 0.3) is 5.69 Å². The van der Waals surface area contributed by atoms with Crippen LogP contribution in [-0.4, -0.2) is 14.7 Å². The third kappa shape index (κ3) is 2.57. The van der Waals surface area contributed by atoms with Crippen molar-refractivity contribution < 1.29 is 9.31 Å². The van der Waals surface area contributed by atoms with Gasteiger partial charge in [-0.05, 0) is 23.8 Å². The highest BCUT2D eigenvalue weighted by atomic mass is 35.5. The van der Waals surface area contributed by atoms with Gasteiger partial charge in [-0.1, -0.05) is 23.7 Å². The molecule has 0 aliphatic carbocycles. The van der Waals surface area contributed by atoms with Crippen molar-refractivity contribution in [3.63, 3.8) is 0 Å². The molecule has 21 heavy (non-hydrogen) atoms. The maximum Gasteiger partial charge on any atom is 0.270 e. The van der Waals surface area contributed by atoms with Gasteiger partial charge in [0.1, 0.15) is 5.82 Å². The van der Waals surface area contributed by atoms with E-state index in [-0.39, 0.29) is 16.7 Å². The molecule has 7 heteroatoms. The van der Waals surface area contributed by atoms with Crippen LogP contribution in [0.15, 0.2) is 42.5 Å². The summed E-state index contributed by atoms with van der Waals surface area (Å²) in [7, 11) is 0. The molecule has 0 saturated carbocycles. The molecular formula is C14H9ClFN3O2. The van der Waals surface area contributed by atoms with Crippen LogP contribution in [-0.2, 0) is 6.54 Å². The molecule has 5 nitrogen and oxygen atoms in total. The van der Waals surface area contributed by atoms with Crippen LogP contribution in [0, 0.1) is 15.9 Å². The fourth-order valence-electron chi connectivity index (χ4n) is 2.17. The van der Waals surface area contributed by atoms with Crippen LogP contribution in [0.2, 0.25) is 5.15 Å². The summed E-state index contributed by atoms with van der Waals surface area (Å²) >= 11 is 6.02. The fraction of sp³-hybridized carbons (Fsp3) is 0.0714. The van der Waals surface area contributed by atoms with Gasteiger partial charge < -0.3 is 0 Å². The first-order valence-electron chi connectivity index (χ1n) is 6.09. The van der Waals surface area contributed by atoms with Crippen molar-refractivity contribution in [3.05, 3.63) is 69.1 Å². The molecule has 0 fully saturated rings. The number of rotatable bonds is 3. The molecule has 0 saturated heterocycles. The Kier molecular flexibility index (Phi) is 3.31. The Morgan fingerprint density at radius 1 is 1.29 bits per heavy atom. The Morgan fingerprint density at radius 3 is 2.81 bits per heavy atom. The Balaban J connectivity index is 2.05. The molecule has 0 aliphatic heterocycles. The Labute approximate surface area is 123 Å². The first-order chi connectivity index (χ1) is 10.0. The molecular weight excluding hydrogens is 297 g/mol. The number of nitro groups is 1. The molecule has 0 amide bonds. The molecule has 106 valence electrons. The van der Waals surface area contributed by atoms with Gasteiger partial charge in [0.15, 0.2) is 5.15 Å². The predicted molar refractivity (Wildman–Crippen MR) is 76.9 cm³/mol. The third-order valence-corrected chi connectivity index (χ3v) is 3.40. The number of aromatic nitrogens is 2. The van der Waals surface area contributed by atoms with Gasteiger partial charge >= 0.3 is 0 Å². The van der Waals surface area contributed by atoms with E-state index in [9.17, 15) is 14.5 Å². The molecule has 0 bridgehead atoms. The van der Waals surface area contributed by atoms with Gasteiger partial charge in [0.2, 0.25) is 0 Å². The molecule has 0 N–H and O–H groups in total. The first-order valence-corrected chi connectivity index (χ1v) is 6.47. The van der Waals surface area contributed by atoms with E-state index < -0.39 is 4.92 Å². The maximum atomic E-state index is 13.2. The minimum atomic E-state index is -0.486. The van der Waals surface area contributed by atoms with Gasteiger partial charge in [-0.3, -0.25) is 14.8 Å². The highest BCUT2D eigenvalue weighted by Crippen LogP contribution is 2.27. The predicted octanol–water partition coefficient (Wildman–Crippen LogP) is 3.79. The van der Waals surface area contributed by atoms with Crippen molar-refractivity contribution in [1.29, 1.82) is 0 Å². The average molecular weight is 306 g/mol. The zero-order valence-electron chi connectivity index (χ0n) is 10.7. The molecule has 0 atom stereocenters. The number of non-ortho nitro benzene ring substituents is 1. The molecule has 3 aromatic rings. The van der Waals surface area contributed by atoms with E-state index in [0.29, 0.717) is 17.4 Å². The van der Waals surface area contributed by atoms with Crippen LogP contribution in [0.4, 0.5) is 10.1 Å². The normalized spacial score (nSPS) is 11.0. The molecule has 0 unspecified atom stereocenters. The lowest BCUT2D eigenvalue weighted by Gasteiger charge is -2.03. The molecule has 1 heterocycles. The van der Waals surface area contributed by atoms with Crippen molar-refractivity contribution >= 4 is 28.2 Å². The second-order valence-corrected chi connectivity index (χ2v) is 4.89. The van der Waals surface area contributed by atoms with E-state index >= 15 is 0 Å². The van der Waals surface area contributed by atoms with Crippen molar-refractivity contribution in [3.8, 4) is 0 Å². The number of halogens is 2. The van der Waals surface area contributed by atoms with E-state index in [2.05, 4.69) is 5.10 Å². The summed E-state index contributed by atoms with van der Waals surface area (Å²) < 4.78 is 14.8. The monoisotopic (exact) mass is 305 g/mol. The lowest BCUT2D eigenvalue weighted by atomic mass is 10.2. The highest BCUT2D eigenvalue weighted by molar-refractivity contribution is 6.34. The van der Waals surface area contributed by atoms with E-state index in [1.165, 1.54) is 24.3 Å². The van der Waals surface area contributed by atoms with Crippen LogP contribution in [0.1, 0.15) is 5.56 Å². The summed E-state index contributed by atoms with van der Waals surface area (Å²) in [6.45, 7) is 0.332. The van der Waals surface area contributed by atoms with Gasteiger partial charge in [-0.15, -0.1) is 0 Å². The number of hydrogen-bond acceptors (Lipinski definition) is 3. The number of hydrogen-bond donors (Lipinski definition) is 0. The topological polar surface area (TPSA) is 61.0 Å². The van der Waals surface area contributed by atoms with E-state index in [1.54, 1.807) is 22.9 Å². The highest BCUT2D eigenvalue weighted by Gasteiger charge is 2.14. The zero-order chi connectivity index (χ0) is 15.0. The zero-order valence-corrected chi connectivity index (χ0v) is 11.4. The largest absolute Gasteiger partial charge is 0.270 e. The van der Waals surface area contributed by atoms with Crippen LogP contribution in [0.25, 0.3) is 10.9 Å². The fourth-order valence-corrected chi connectivity index (χ4v) is 2.41. The summed E-state index contributed by atoms with van der Waals surface area (Å²) in [5.41, 5.74) is 1.35. The molecule has 0 radical (unpaired) electrons. The Bertz CT molecular complexity index is 847. The number of nitrogens with zero attached hydrogens (tertiary/aromatic N) is 3. The molecule has 0 spiro atoms. The standard InChI is InChI=1S/C14H9ClFN3O2/c15-14-12-7-11(19(20)21)4-5-13(12)18(17-14)8-9-2-1-3-10(16)6-9/h1-7H,8H2. The second kappa shape index (κ2) is 5.14. The lowest BCUT2D eigenvalue weighted by Crippen LogP contribution is -2.01. The number of fused-ring (bicyclic) bond motifs is 1. The summed E-state index contributed by atoms with van der Waals surface area (Å²) in [6, 6.07) is 10.5. The summed E-state index contributed by atoms with van der Waals surface area (Å²) in [6.07, 6.45) is 0. The quantitative estimate of drug-likeness (QED) is 0.546. The van der Waals surface area contributed by atoms with Crippen LogP contribution in [0.3, 0.4) is 0 Å². The summed E-state index contributed by atoms with van der Waals surface area (Å²) in [4.78, 5) is 10.3. The van der Waals surface area contributed by atoms with Gasteiger partial charge in [0, 0.05) is 17.5 Å². The Hall–Kier alpha value is -2.47. The minimum absolute atomic E-state index is 0.0466. The minimum Gasteiger partial charge on any atom is -0.259 e. The molecule has 1 aromatic heterocycles. The van der Waals surface area contributed by atoms with Crippen LogP contribution < -0.4 is 0 Å². The smallest absolute Gasteiger partial charge is 0.259 e. The lowest BCUT2D eigenvalue weighted by molar-refractivity contribution is -0.384. The number of nitro benzene ring substituents is 1. The van der Waals surface area contributed by atoms with Gasteiger partial charge in [-0.2, -0.15) is 5.10 Å². The van der Waals surface area contributed by atoms with Crippen LogP contribution in [0.5, 0.6) is 0 Å². The molecule has 2 aromatic carbocycles. The van der Waals surface area contributed by atoms with Crippen molar-refractivity contribution in [1.82, 2.24) is 9.78 Å². The summed E-state index contributed by atoms with van der Waals surface area (Å²) in [5.74, 6) is -0.328. The number of benzene rings is 2.